The molecular weight excluding hydrogens is 295 g/mol. The molecule has 0 saturated heterocycles. The van der Waals surface area contributed by atoms with E-state index in [1.54, 1.807) is 0 Å². The van der Waals surface area contributed by atoms with Gasteiger partial charge in [0, 0.05) is 12.6 Å². The van der Waals surface area contributed by atoms with Gasteiger partial charge >= 0.3 is 6.18 Å². The average molecular weight is 312 g/mol. The Kier molecular flexibility index (Phi) is 6.50. The van der Waals surface area contributed by atoms with E-state index in [0.717, 1.165) is 12.1 Å². The van der Waals surface area contributed by atoms with Crippen LogP contribution in [0.1, 0.15) is 29.2 Å². The molecule has 0 fully saturated rings. The van der Waals surface area contributed by atoms with E-state index in [9.17, 15) is 22.0 Å². The van der Waals surface area contributed by atoms with Crippen LogP contribution in [-0.4, -0.2) is 19.6 Å². The number of nitrogens with two attached hydrogens (primary N) is 1. The first-order valence-corrected chi connectivity index (χ1v) is 6.25. The predicted octanol–water partition coefficient (Wildman–Crippen LogP) is 3.19. The van der Waals surface area contributed by atoms with Crippen molar-refractivity contribution in [1.82, 2.24) is 5.43 Å². The molecule has 1 atom stereocenters. The van der Waals surface area contributed by atoms with Gasteiger partial charge in [-0.3, -0.25) is 11.3 Å². The Morgan fingerprint density at radius 2 is 1.95 bits per heavy atom. The number of ether oxygens (including phenoxy) is 1. The van der Waals surface area contributed by atoms with Crippen molar-refractivity contribution in [2.45, 2.75) is 32.0 Å². The number of rotatable bonds is 7. The summed E-state index contributed by atoms with van der Waals surface area (Å²) in [7, 11) is 0. The number of aryl methyl sites for hydroxylation is 1. The third-order valence-corrected chi connectivity index (χ3v) is 2.97. The van der Waals surface area contributed by atoms with Crippen LogP contribution in [0.15, 0.2) is 18.2 Å². The van der Waals surface area contributed by atoms with Crippen molar-refractivity contribution < 1.29 is 26.7 Å². The number of hydrogen-bond donors (Lipinski definition) is 2. The van der Waals surface area contributed by atoms with E-state index >= 15 is 0 Å². The van der Waals surface area contributed by atoms with Crippen LogP contribution in [0, 0.1) is 6.92 Å². The van der Waals surface area contributed by atoms with Crippen LogP contribution >= 0.6 is 0 Å². The van der Waals surface area contributed by atoms with Gasteiger partial charge in [0.15, 0.2) is 0 Å². The molecule has 0 aliphatic heterocycles. The molecule has 0 aliphatic carbocycles. The number of hydrazine groups is 1. The first kappa shape index (κ1) is 17.8. The van der Waals surface area contributed by atoms with Gasteiger partial charge in [0.25, 0.3) is 6.43 Å². The minimum atomic E-state index is -4.41. The standard InChI is InChI=1S/C13H17F5N2O/c1-8-6-9(13(16,17)18)2-3-10(8)11(20-19)4-5-21-7-12(14)15/h2-3,6,11-12,20H,4-5,7,19H2,1H3. The van der Waals surface area contributed by atoms with Crippen molar-refractivity contribution in [2.24, 2.45) is 5.84 Å². The van der Waals surface area contributed by atoms with Crippen LogP contribution in [0.3, 0.4) is 0 Å². The predicted molar refractivity (Wildman–Crippen MR) is 67.7 cm³/mol. The Morgan fingerprint density at radius 1 is 1.29 bits per heavy atom. The summed E-state index contributed by atoms with van der Waals surface area (Å²) in [6.07, 6.45) is -6.69. The molecule has 3 N–H and O–H groups in total. The second kappa shape index (κ2) is 7.67. The van der Waals surface area contributed by atoms with Crippen LogP contribution in [0.4, 0.5) is 22.0 Å². The van der Waals surface area contributed by atoms with Gasteiger partial charge in [0.05, 0.1) is 5.56 Å². The molecule has 0 amide bonds. The number of benzene rings is 1. The van der Waals surface area contributed by atoms with E-state index in [4.69, 9.17) is 10.6 Å². The highest BCUT2D eigenvalue weighted by atomic mass is 19.4. The van der Waals surface area contributed by atoms with Crippen molar-refractivity contribution in [3.05, 3.63) is 34.9 Å². The van der Waals surface area contributed by atoms with Gasteiger partial charge in [-0.2, -0.15) is 13.2 Å². The van der Waals surface area contributed by atoms with Gasteiger partial charge < -0.3 is 4.74 Å². The van der Waals surface area contributed by atoms with Crippen molar-refractivity contribution in [2.75, 3.05) is 13.2 Å². The van der Waals surface area contributed by atoms with Crippen molar-refractivity contribution in [1.29, 1.82) is 0 Å². The lowest BCUT2D eigenvalue weighted by atomic mass is 9.97. The zero-order valence-electron chi connectivity index (χ0n) is 11.4. The lowest BCUT2D eigenvalue weighted by Crippen LogP contribution is -2.29. The van der Waals surface area contributed by atoms with Crippen LogP contribution in [-0.2, 0) is 10.9 Å². The molecule has 1 rings (SSSR count). The van der Waals surface area contributed by atoms with Crippen LogP contribution in [0.2, 0.25) is 0 Å². The van der Waals surface area contributed by atoms with E-state index in [0.29, 0.717) is 11.1 Å². The topological polar surface area (TPSA) is 47.3 Å². The molecule has 0 aliphatic rings. The monoisotopic (exact) mass is 312 g/mol. The van der Waals surface area contributed by atoms with Gasteiger partial charge in [0.1, 0.15) is 6.61 Å². The van der Waals surface area contributed by atoms with E-state index < -0.39 is 30.8 Å². The van der Waals surface area contributed by atoms with Gasteiger partial charge in [0.2, 0.25) is 0 Å². The summed E-state index contributed by atoms with van der Waals surface area (Å²) in [4.78, 5) is 0. The van der Waals surface area contributed by atoms with Crippen molar-refractivity contribution >= 4 is 0 Å². The summed E-state index contributed by atoms with van der Waals surface area (Å²) < 4.78 is 66.3. The normalized spacial score (nSPS) is 13.7. The Labute approximate surface area is 119 Å². The lowest BCUT2D eigenvalue weighted by molar-refractivity contribution is -0.137. The minimum Gasteiger partial charge on any atom is -0.375 e. The summed E-state index contributed by atoms with van der Waals surface area (Å²) >= 11 is 0. The molecule has 8 heteroatoms. The fourth-order valence-electron chi connectivity index (χ4n) is 1.95. The second-order valence-corrected chi connectivity index (χ2v) is 4.54. The molecule has 1 aromatic rings. The van der Waals surface area contributed by atoms with Crippen LogP contribution < -0.4 is 11.3 Å². The molecule has 120 valence electrons. The quantitative estimate of drug-likeness (QED) is 0.352. The minimum absolute atomic E-state index is 0.0274. The molecular formula is C13H17F5N2O. The molecule has 1 aromatic carbocycles. The Bertz CT molecular complexity index is 451. The highest BCUT2D eigenvalue weighted by Crippen LogP contribution is 2.32. The third kappa shape index (κ3) is 5.56. The first-order chi connectivity index (χ1) is 9.75. The smallest absolute Gasteiger partial charge is 0.375 e. The molecule has 0 bridgehead atoms. The number of alkyl halides is 5. The Hall–Kier alpha value is -1.25. The van der Waals surface area contributed by atoms with Crippen LogP contribution in [0.25, 0.3) is 0 Å². The molecule has 0 saturated carbocycles. The van der Waals surface area contributed by atoms with Crippen molar-refractivity contribution in [3.63, 3.8) is 0 Å². The highest BCUT2D eigenvalue weighted by molar-refractivity contribution is 5.34. The van der Waals surface area contributed by atoms with Gasteiger partial charge in [-0.15, -0.1) is 0 Å². The first-order valence-electron chi connectivity index (χ1n) is 6.25. The molecule has 3 nitrogen and oxygen atoms in total. The third-order valence-electron chi connectivity index (χ3n) is 2.97. The summed E-state index contributed by atoms with van der Waals surface area (Å²) in [5.74, 6) is 5.36. The van der Waals surface area contributed by atoms with E-state index in [1.165, 1.54) is 13.0 Å². The molecule has 0 aromatic heterocycles. The molecule has 0 radical (unpaired) electrons. The van der Waals surface area contributed by atoms with Crippen LogP contribution in [0.5, 0.6) is 0 Å². The van der Waals surface area contributed by atoms with Gasteiger partial charge in [-0.05, 0) is 36.6 Å². The second-order valence-electron chi connectivity index (χ2n) is 4.54. The maximum atomic E-state index is 12.6. The van der Waals surface area contributed by atoms with Gasteiger partial charge in [-0.1, -0.05) is 6.07 Å². The summed E-state index contributed by atoms with van der Waals surface area (Å²) in [6, 6.07) is 2.85. The maximum Gasteiger partial charge on any atom is 0.416 e. The molecule has 21 heavy (non-hydrogen) atoms. The van der Waals surface area contributed by atoms with E-state index in [1.807, 2.05) is 0 Å². The number of halogens is 5. The fraction of sp³-hybridized carbons (Fsp3) is 0.538. The van der Waals surface area contributed by atoms with E-state index in [2.05, 4.69) is 5.43 Å². The molecule has 0 spiro atoms. The zero-order chi connectivity index (χ0) is 16.0. The Balaban J connectivity index is 2.73. The van der Waals surface area contributed by atoms with Crippen molar-refractivity contribution in [3.8, 4) is 0 Å². The summed E-state index contributed by atoms with van der Waals surface area (Å²) in [5.41, 5.74) is 2.71. The average Bonchev–Trinajstić information content (AvgIpc) is 2.38. The lowest BCUT2D eigenvalue weighted by Gasteiger charge is -2.19. The Morgan fingerprint density at radius 3 is 2.43 bits per heavy atom. The number of nitrogens with one attached hydrogen (secondary N) is 1. The number of hydrogen-bond acceptors (Lipinski definition) is 3. The molecule has 1 unspecified atom stereocenters. The SMILES string of the molecule is Cc1cc(C(F)(F)F)ccc1C(CCOCC(F)F)NN. The highest BCUT2D eigenvalue weighted by Gasteiger charge is 2.31. The summed E-state index contributed by atoms with van der Waals surface area (Å²) in [6.45, 7) is 0.887. The molecule has 0 heterocycles. The zero-order valence-corrected chi connectivity index (χ0v) is 11.4. The fourth-order valence-corrected chi connectivity index (χ4v) is 1.95. The van der Waals surface area contributed by atoms with Gasteiger partial charge in [-0.25, -0.2) is 8.78 Å². The maximum absolute atomic E-state index is 12.6. The van der Waals surface area contributed by atoms with E-state index in [-0.39, 0.29) is 13.0 Å². The summed E-state index contributed by atoms with van der Waals surface area (Å²) in [5, 5.41) is 0. The largest absolute Gasteiger partial charge is 0.416 e.